The van der Waals surface area contributed by atoms with Crippen molar-refractivity contribution in [2.45, 2.75) is 6.04 Å². The lowest BCUT2D eigenvalue weighted by Gasteiger charge is -2.40. The predicted molar refractivity (Wildman–Crippen MR) is 115 cm³/mol. The van der Waals surface area contributed by atoms with E-state index in [2.05, 4.69) is 83.6 Å². The molecule has 27 heavy (non-hydrogen) atoms. The van der Waals surface area contributed by atoms with Gasteiger partial charge in [-0.25, -0.2) is 4.99 Å². The largest absolute Gasteiger partial charge is 0.339 e. The molecule has 1 atom stereocenters. The molecule has 0 aromatic heterocycles. The molecule has 3 heterocycles. The van der Waals surface area contributed by atoms with E-state index in [-0.39, 0.29) is 0 Å². The van der Waals surface area contributed by atoms with Crippen LogP contribution in [0.1, 0.15) is 17.2 Å². The minimum atomic E-state index is 0.297. The Hall–Kier alpha value is -2.30. The van der Waals surface area contributed by atoms with Crippen LogP contribution in [0.3, 0.4) is 0 Å². The van der Waals surface area contributed by atoms with Crippen LogP contribution in [0.5, 0.6) is 0 Å². The van der Waals surface area contributed by atoms with Crippen LogP contribution in [0.4, 0.5) is 0 Å². The summed E-state index contributed by atoms with van der Waals surface area (Å²) >= 11 is 1.89. The van der Waals surface area contributed by atoms with Crippen molar-refractivity contribution in [3.8, 4) is 0 Å². The first-order chi connectivity index (χ1) is 13.3. The van der Waals surface area contributed by atoms with Crippen LogP contribution in [-0.2, 0) is 0 Å². The van der Waals surface area contributed by atoms with Gasteiger partial charge in [-0.2, -0.15) is 0 Å². The van der Waals surface area contributed by atoms with Gasteiger partial charge in [0.15, 0.2) is 5.17 Å². The van der Waals surface area contributed by atoms with Gasteiger partial charge in [-0.05, 0) is 35.4 Å². The first-order valence-corrected chi connectivity index (χ1v) is 10.5. The SMILES string of the molecule is CN1CC2=C(N=C3SCCN3C2c2ccccc2)/C(=C/c2ccccc2)C1. The highest BCUT2D eigenvalue weighted by atomic mass is 32.2. The lowest BCUT2D eigenvalue weighted by molar-refractivity contribution is 0.314. The van der Waals surface area contributed by atoms with Gasteiger partial charge in [-0.1, -0.05) is 72.4 Å². The molecule has 3 nitrogen and oxygen atoms in total. The minimum absolute atomic E-state index is 0.297. The van der Waals surface area contributed by atoms with Gasteiger partial charge in [-0.15, -0.1) is 0 Å². The van der Waals surface area contributed by atoms with Crippen molar-refractivity contribution in [3.05, 3.63) is 88.6 Å². The fraction of sp³-hybridized carbons (Fsp3) is 0.261. The highest BCUT2D eigenvalue weighted by molar-refractivity contribution is 8.14. The summed E-state index contributed by atoms with van der Waals surface area (Å²) in [4.78, 5) is 10.1. The van der Waals surface area contributed by atoms with E-state index in [1.165, 1.54) is 33.1 Å². The van der Waals surface area contributed by atoms with Gasteiger partial charge in [-0.3, -0.25) is 4.90 Å². The molecule has 0 N–H and O–H groups in total. The van der Waals surface area contributed by atoms with Crippen molar-refractivity contribution >= 4 is 23.0 Å². The number of nitrogens with zero attached hydrogens (tertiary/aromatic N) is 3. The van der Waals surface area contributed by atoms with Crippen LogP contribution >= 0.6 is 11.8 Å². The highest BCUT2D eigenvalue weighted by Gasteiger charge is 2.38. The number of hydrogen-bond acceptors (Lipinski definition) is 4. The smallest absolute Gasteiger partial charge is 0.165 e. The molecule has 4 heteroatoms. The average Bonchev–Trinajstić information content (AvgIpc) is 3.16. The van der Waals surface area contributed by atoms with Gasteiger partial charge >= 0.3 is 0 Å². The van der Waals surface area contributed by atoms with Crippen LogP contribution in [0.2, 0.25) is 0 Å². The van der Waals surface area contributed by atoms with E-state index >= 15 is 0 Å². The second-order valence-corrected chi connectivity index (χ2v) is 8.44. The van der Waals surface area contributed by atoms with Gasteiger partial charge in [0.2, 0.25) is 0 Å². The summed E-state index contributed by atoms with van der Waals surface area (Å²) in [7, 11) is 2.21. The second kappa shape index (κ2) is 7.02. The van der Waals surface area contributed by atoms with Crippen molar-refractivity contribution in [2.24, 2.45) is 4.99 Å². The Morgan fingerprint density at radius 3 is 2.52 bits per heavy atom. The van der Waals surface area contributed by atoms with E-state index in [4.69, 9.17) is 4.99 Å². The number of hydrogen-bond donors (Lipinski definition) is 0. The van der Waals surface area contributed by atoms with Gasteiger partial charge in [0, 0.05) is 25.4 Å². The molecule has 1 unspecified atom stereocenters. The Morgan fingerprint density at radius 2 is 1.74 bits per heavy atom. The molecule has 0 amide bonds. The van der Waals surface area contributed by atoms with Crippen LogP contribution in [0.15, 0.2) is 82.5 Å². The molecule has 1 saturated heterocycles. The van der Waals surface area contributed by atoms with Gasteiger partial charge < -0.3 is 4.90 Å². The van der Waals surface area contributed by atoms with E-state index in [1.807, 2.05) is 11.8 Å². The zero-order chi connectivity index (χ0) is 18.2. The van der Waals surface area contributed by atoms with Gasteiger partial charge in [0.1, 0.15) is 0 Å². The topological polar surface area (TPSA) is 18.8 Å². The molecule has 2 aromatic rings. The van der Waals surface area contributed by atoms with Crippen LogP contribution in [-0.4, -0.2) is 47.4 Å². The van der Waals surface area contributed by atoms with E-state index in [0.717, 1.165) is 25.4 Å². The van der Waals surface area contributed by atoms with Crippen LogP contribution in [0, 0.1) is 0 Å². The highest BCUT2D eigenvalue weighted by Crippen LogP contribution is 2.43. The van der Waals surface area contributed by atoms with E-state index in [1.54, 1.807) is 0 Å². The molecule has 0 spiro atoms. The van der Waals surface area contributed by atoms with Gasteiger partial charge in [0.05, 0.1) is 11.7 Å². The Kier molecular flexibility index (Phi) is 4.38. The molecular formula is C23H23N3S. The summed E-state index contributed by atoms with van der Waals surface area (Å²) in [6.07, 6.45) is 2.31. The van der Waals surface area contributed by atoms with Crippen molar-refractivity contribution in [2.75, 3.05) is 32.4 Å². The molecule has 0 bridgehead atoms. The number of amidine groups is 1. The zero-order valence-corrected chi connectivity index (χ0v) is 16.3. The molecule has 0 aliphatic carbocycles. The third-order valence-electron chi connectivity index (χ3n) is 5.40. The summed E-state index contributed by atoms with van der Waals surface area (Å²) in [5, 5.41) is 1.19. The number of thioether (sulfide) groups is 1. The Labute approximate surface area is 165 Å². The van der Waals surface area contributed by atoms with Crippen LogP contribution < -0.4 is 0 Å². The quantitative estimate of drug-likeness (QED) is 0.776. The molecule has 3 aliphatic heterocycles. The standard InChI is InChI=1S/C23H23N3S/c1-25-15-19(14-17-8-4-2-5-9-17)21-20(16-25)22(18-10-6-3-7-11-18)26-12-13-27-23(26)24-21/h2-11,14,22H,12-13,15-16H2,1H3/b19-14+. The predicted octanol–water partition coefficient (Wildman–Crippen LogP) is 4.43. The fourth-order valence-electron chi connectivity index (χ4n) is 4.27. The Bertz CT molecular complexity index is 931. The maximum absolute atomic E-state index is 5.14. The molecule has 2 aromatic carbocycles. The van der Waals surface area contributed by atoms with Crippen molar-refractivity contribution in [3.63, 3.8) is 0 Å². The minimum Gasteiger partial charge on any atom is -0.339 e. The number of benzene rings is 2. The normalized spacial score (nSPS) is 24.0. The second-order valence-electron chi connectivity index (χ2n) is 7.38. The lowest BCUT2D eigenvalue weighted by Crippen LogP contribution is -2.41. The Balaban J connectivity index is 1.66. The Morgan fingerprint density at radius 1 is 1.00 bits per heavy atom. The molecule has 136 valence electrons. The maximum Gasteiger partial charge on any atom is 0.165 e. The molecule has 3 aliphatic rings. The molecule has 0 radical (unpaired) electrons. The van der Waals surface area contributed by atoms with E-state index in [9.17, 15) is 0 Å². The molecule has 0 saturated carbocycles. The van der Waals surface area contributed by atoms with Crippen LogP contribution in [0.25, 0.3) is 6.08 Å². The molecule has 5 rings (SSSR count). The van der Waals surface area contributed by atoms with Crippen molar-refractivity contribution < 1.29 is 0 Å². The third-order valence-corrected chi connectivity index (χ3v) is 6.37. The summed E-state index contributed by atoms with van der Waals surface area (Å²) in [6.45, 7) is 2.98. The number of aliphatic imine (C=N–C) groups is 1. The maximum atomic E-state index is 5.14. The first-order valence-electron chi connectivity index (χ1n) is 9.50. The summed E-state index contributed by atoms with van der Waals surface area (Å²) in [6, 6.07) is 21.8. The monoisotopic (exact) mass is 373 g/mol. The molecule has 1 fully saturated rings. The van der Waals surface area contributed by atoms with Gasteiger partial charge in [0.25, 0.3) is 0 Å². The summed E-state index contributed by atoms with van der Waals surface area (Å²) in [5.74, 6) is 1.12. The van der Waals surface area contributed by atoms with Crippen molar-refractivity contribution in [1.82, 2.24) is 9.80 Å². The number of fused-ring (bicyclic) bond motifs is 1. The third kappa shape index (κ3) is 3.13. The number of likely N-dealkylation sites (N-methyl/N-ethyl adjacent to an activating group) is 1. The lowest BCUT2D eigenvalue weighted by atomic mass is 9.88. The zero-order valence-electron chi connectivity index (χ0n) is 15.5. The van der Waals surface area contributed by atoms with Crippen molar-refractivity contribution in [1.29, 1.82) is 0 Å². The first kappa shape index (κ1) is 16.8. The summed E-state index contributed by atoms with van der Waals surface area (Å²) in [5.41, 5.74) is 6.59. The van der Waals surface area contributed by atoms with E-state index < -0.39 is 0 Å². The summed E-state index contributed by atoms with van der Waals surface area (Å²) < 4.78 is 0. The average molecular weight is 374 g/mol. The fourth-order valence-corrected chi connectivity index (χ4v) is 5.26. The van der Waals surface area contributed by atoms with E-state index in [0.29, 0.717) is 6.04 Å². The molecular weight excluding hydrogens is 350 g/mol. The number of rotatable bonds is 2.